The number of halogens is 2. The molecule has 1 aromatic carbocycles. The fourth-order valence-corrected chi connectivity index (χ4v) is 2.36. The number of nitrogens with zero attached hydrogens (tertiary/aromatic N) is 1. The van der Waals surface area contributed by atoms with Crippen LogP contribution in [0.4, 0.5) is 0 Å². The van der Waals surface area contributed by atoms with Gasteiger partial charge < -0.3 is 0 Å². The Morgan fingerprint density at radius 2 is 2.23 bits per heavy atom. The summed E-state index contributed by atoms with van der Waals surface area (Å²) in [6.07, 6.45) is 0. The van der Waals surface area contributed by atoms with E-state index < -0.39 is 0 Å². The quantitative estimate of drug-likeness (QED) is 0.758. The number of hydrogen-bond donors (Lipinski definition) is 0. The third-order valence-corrected chi connectivity index (χ3v) is 3.03. The summed E-state index contributed by atoms with van der Waals surface area (Å²) in [5.41, 5.74) is 3.71. The lowest BCUT2D eigenvalue weighted by molar-refractivity contribution is 1.41. The van der Waals surface area contributed by atoms with Crippen molar-refractivity contribution in [2.75, 3.05) is 0 Å². The first-order valence-corrected chi connectivity index (χ1v) is 5.72. The Morgan fingerprint density at radius 3 is 2.85 bits per heavy atom. The highest BCUT2D eigenvalue weighted by Crippen LogP contribution is 2.29. The van der Waals surface area contributed by atoms with Crippen molar-refractivity contribution in [3.05, 3.63) is 38.6 Å². The van der Waals surface area contributed by atoms with Crippen molar-refractivity contribution in [1.29, 1.82) is 0 Å². The maximum absolute atomic E-state index is 6.06. The molecular weight excluding hydrogens is 270 g/mol. The van der Waals surface area contributed by atoms with Gasteiger partial charge >= 0.3 is 0 Å². The lowest BCUT2D eigenvalue weighted by atomic mass is 10.2. The summed E-state index contributed by atoms with van der Waals surface area (Å²) in [4.78, 5) is 4.20. The first kappa shape index (κ1) is 9.19. The number of thiazole rings is 1. The number of benzene rings is 1. The third-order valence-electron chi connectivity index (χ3n) is 1.64. The smallest absolute Gasteiger partial charge is 0.0826 e. The van der Waals surface area contributed by atoms with Crippen LogP contribution >= 0.6 is 38.9 Å². The highest BCUT2D eigenvalue weighted by atomic mass is 79.9. The summed E-state index contributed by atoms with van der Waals surface area (Å²) in [6, 6.07) is 5.79. The lowest BCUT2D eigenvalue weighted by Gasteiger charge is -2.00. The summed E-state index contributed by atoms with van der Waals surface area (Å²) < 4.78 is 0.983. The standard InChI is InChI=1S/C9H5BrClNS/c10-6-1-2-7(8(11)3-6)9-4-13-5-12-9/h1-5H. The van der Waals surface area contributed by atoms with Crippen LogP contribution in [-0.2, 0) is 0 Å². The molecule has 0 aliphatic heterocycles. The van der Waals surface area contributed by atoms with E-state index in [1.165, 1.54) is 0 Å². The Hall–Kier alpha value is -0.380. The van der Waals surface area contributed by atoms with Gasteiger partial charge in [0.1, 0.15) is 0 Å². The zero-order chi connectivity index (χ0) is 9.26. The molecule has 0 spiro atoms. The Bertz CT molecular complexity index is 414. The van der Waals surface area contributed by atoms with E-state index in [1.807, 2.05) is 23.6 Å². The molecule has 2 aromatic rings. The molecule has 1 nitrogen and oxygen atoms in total. The molecule has 1 heterocycles. The molecule has 66 valence electrons. The van der Waals surface area contributed by atoms with Gasteiger partial charge in [0, 0.05) is 15.4 Å². The van der Waals surface area contributed by atoms with Crippen LogP contribution in [0.2, 0.25) is 5.02 Å². The second-order valence-electron chi connectivity index (χ2n) is 2.50. The molecule has 0 saturated heterocycles. The van der Waals surface area contributed by atoms with Crippen molar-refractivity contribution in [3.63, 3.8) is 0 Å². The lowest BCUT2D eigenvalue weighted by Crippen LogP contribution is -1.78. The Morgan fingerprint density at radius 1 is 1.38 bits per heavy atom. The van der Waals surface area contributed by atoms with E-state index in [1.54, 1.807) is 16.8 Å². The van der Waals surface area contributed by atoms with Crippen LogP contribution in [0.1, 0.15) is 0 Å². The van der Waals surface area contributed by atoms with E-state index in [9.17, 15) is 0 Å². The van der Waals surface area contributed by atoms with Crippen molar-refractivity contribution in [3.8, 4) is 11.3 Å². The maximum atomic E-state index is 6.06. The van der Waals surface area contributed by atoms with Crippen molar-refractivity contribution < 1.29 is 0 Å². The summed E-state index contributed by atoms with van der Waals surface area (Å²) in [6.45, 7) is 0. The molecule has 0 atom stereocenters. The van der Waals surface area contributed by atoms with Gasteiger partial charge in [0.15, 0.2) is 0 Å². The molecule has 2 rings (SSSR count). The normalized spacial score (nSPS) is 10.3. The molecule has 0 N–H and O–H groups in total. The molecule has 13 heavy (non-hydrogen) atoms. The molecule has 0 aliphatic carbocycles. The molecule has 0 bridgehead atoms. The summed E-state index contributed by atoms with van der Waals surface area (Å²) in [5.74, 6) is 0. The zero-order valence-electron chi connectivity index (χ0n) is 6.50. The van der Waals surface area contributed by atoms with Gasteiger partial charge in [-0.3, -0.25) is 0 Å². The van der Waals surface area contributed by atoms with Crippen LogP contribution in [0.25, 0.3) is 11.3 Å². The highest BCUT2D eigenvalue weighted by Gasteiger charge is 2.04. The van der Waals surface area contributed by atoms with Crippen LogP contribution in [0.5, 0.6) is 0 Å². The van der Waals surface area contributed by atoms with Gasteiger partial charge in [-0.1, -0.05) is 33.6 Å². The van der Waals surface area contributed by atoms with Gasteiger partial charge in [0.05, 0.1) is 16.2 Å². The predicted molar refractivity (Wildman–Crippen MR) is 60.3 cm³/mol. The molecule has 0 amide bonds. The molecule has 0 unspecified atom stereocenters. The van der Waals surface area contributed by atoms with Crippen LogP contribution in [0, 0.1) is 0 Å². The molecule has 0 radical (unpaired) electrons. The van der Waals surface area contributed by atoms with Gasteiger partial charge in [-0.25, -0.2) is 4.98 Å². The molecule has 0 fully saturated rings. The van der Waals surface area contributed by atoms with Gasteiger partial charge in [0.25, 0.3) is 0 Å². The van der Waals surface area contributed by atoms with E-state index in [0.29, 0.717) is 0 Å². The Labute approximate surface area is 93.5 Å². The van der Waals surface area contributed by atoms with E-state index >= 15 is 0 Å². The van der Waals surface area contributed by atoms with Crippen LogP contribution in [-0.4, -0.2) is 4.98 Å². The fourth-order valence-electron chi connectivity index (χ4n) is 1.04. The average Bonchev–Trinajstić information content (AvgIpc) is 2.56. The molecule has 4 heteroatoms. The molecule has 0 saturated carbocycles. The fraction of sp³-hybridized carbons (Fsp3) is 0. The average molecular weight is 275 g/mol. The molecular formula is C9H5BrClNS. The van der Waals surface area contributed by atoms with Crippen LogP contribution < -0.4 is 0 Å². The van der Waals surface area contributed by atoms with Crippen LogP contribution in [0.15, 0.2) is 33.6 Å². The highest BCUT2D eigenvalue weighted by molar-refractivity contribution is 9.10. The maximum Gasteiger partial charge on any atom is 0.0826 e. The monoisotopic (exact) mass is 273 g/mol. The van der Waals surface area contributed by atoms with Crippen molar-refractivity contribution in [2.45, 2.75) is 0 Å². The van der Waals surface area contributed by atoms with E-state index in [-0.39, 0.29) is 0 Å². The molecule has 0 aliphatic rings. The second-order valence-corrected chi connectivity index (χ2v) is 4.54. The van der Waals surface area contributed by atoms with E-state index in [0.717, 1.165) is 20.8 Å². The van der Waals surface area contributed by atoms with Gasteiger partial charge in [-0.2, -0.15) is 0 Å². The minimum absolute atomic E-state index is 0.722. The minimum atomic E-state index is 0.722. The molecule has 1 aromatic heterocycles. The summed E-state index contributed by atoms with van der Waals surface area (Å²) >= 11 is 11.0. The second kappa shape index (κ2) is 3.78. The van der Waals surface area contributed by atoms with Crippen molar-refractivity contribution >= 4 is 38.9 Å². The predicted octanol–water partition coefficient (Wildman–Crippen LogP) is 4.23. The summed E-state index contributed by atoms with van der Waals surface area (Å²) in [7, 11) is 0. The van der Waals surface area contributed by atoms with Crippen molar-refractivity contribution in [2.24, 2.45) is 0 Å². The van der Waals surface area contributed by atoms with Crippen molar-refractivity contribution in [1.82, 2.24) is 4.98 Å². The number of aromatic nitrogens is 1. The number of rotatable bonds is 1. The SMILES string of the molecule is Clc1cc(Br)ccc1-c1cscn1. The first-order valence-electron chi connectivity index (χ1n) is 3.61. The Kier molecular flexibility index (Phi) is 2.67. The number of hydrogen-bond acceptors (Lipinski definition) is 2. The van der Waals surface area contributed by atoms with Crippen LogP contribution in [0.3, 0.4) is 0 Å². The minimum Gasteiger partial charge on any atom is -0.245 e. The summed E-state index contributed by atoms with van der Waals surface area (Å²) in [5, 5.41) is 2.70. The van der Waals surface area contributed by atoms with Gasteiger partial charge in [-0.15, -0.1) is 11.3 Å². The topological polar surface area (TPSA) is 12.9 Å². The van der Waals surface area contributed by atoms with E-state index in [2.05, 4.69) is 20.9 Å². The van der Waals surface area contributed by atoms with Gasteiger partial charge in [0.2, 0.25) is 0 Å². The zero-order valence-corrected chi connectivity index (χ0v) is 9.66. The Balaban J connectivity index is 2.53. The van der Waals surface area contributed by atoms with E-state index in [4.69, 9.17) is 11.6 Å². The largest absolute Gasteiger partial charge is 0.245 e. The van der Waals surface area contributed by atoms with Gasteiger partial charge in [-0.05, 0) is 12.1 Å². The first-order chi connectivity index (χ1) is 6.27. The third kappa shape index (κ3) is 1.93.